The van der Waals surface area contributed by atoms with Crippen LogP contribution in [-0.4, -0.2) is 42.4 Å². The van der Waals surface area contributed by atoms with Gasteiger partial charge in [0, 0.05) is 12.8 Å². The van der Waals surface area contributed by atoms with E-state index in [4.69, 9.17) is 19.3 Å². The predicted octanol–water partition coefficient (Wildman–Crippen LogP) is 0.822. The van der Waals surface area contributed by atoms with Crippen LogP contribution in [-0.2, 0) is 14.2 Å². The summed E-state index contributed by atoms with van der Waals surface area (Å²) in [6.45, 7) is 0.721. The molecule has 0 aromatic carbocycles. The van der Waals surface area contributed by atoms with E-state index in [1.807, 2.05) is 0 Å². The number of rotatable bonds is 2. The Hall–Kier alpha value is -0.160. The molecule has 0 amide bonds. The number of aliphatic hydroxyl groups excluding tert-OH is 1. The summed E-state index contributed by atoms with van der Waals surface area (Å²) in [7, 11) is 0. The van der Waals surface area contributed by atoms with Gasteiger partial charge in [0.1, 0.15) is 18.3 Å². The monoisotopic (exact) mass is 214 g/mol. The highest BCUT2D eigenvalue weighted by atomic mass is 16.8. The number of hydrogen-bond donors (Lipinski definition) is 1. The van der Waals surface area contributed by atoms with E-state index in [9.17, 15) is 0 Å². The molecule has 2 saturated heterocycles. The first-order chi connectivity index (χ1) is 7.33. The van der Waals surface area contributed by atoms with Crippen LogP contribution in [0.25, 0.3) is 0 Å². The maximum Gasteiger partial charge on any atom is 0.169 e. The normalized spacial score (nSPS) is 43.4. The molecule has 1 N–H and O–H groups in total. The Balaban J connectivity index is 1.58. The van der Waals surface area contributed by atoms with Gasteiger partial charge < -0.3 is 19.3 Å². The molecule has 2 aliphatic heterocycles. The lowest BCUT2D eigenvalue weighted by atomic mass is 9.94. The van der Waals surface area contributed by atoms with Crippen molar-refractivity contribution in [3.8, 4) is 0 Å². The van der Waals surface area contributed by atoms with Crippen molar-refractivity contribution in [2.75, 3.05) is 13.2 Å². The molecule has 1 aliphatic carbocycles. The van der Waals surface area contributed by atoms with Crippen LogP contribution in [0.1, 0.15) is 32.1 Å². The molecule has 86 valence electrons. The molecular formula is C11H18O4. The second kappa shape index (κ2) is 3.70. The van der Waals surface area contributed by atoms with Gasteiger partial charge in [0.2, 0.25) is 0 Å². The second-order valence-corrected chi connectivity index (χ2v) is 4.76. The lowest BCUT2D eigenvalue weighted by molar-refractivity contribution is -0.188. The van der Waals surface area contributed by atoms with Gasteiger partial charge >= 0.3 is 0 Å². The summed E-state index contributed by atoms with van der Waals surface area (Å²) < 4.78 is 17.1. The van der Waals surface area contributed by atoms with Crippen molar-refractivity contribution in [3.05, 3.63) is 0 Å². The van der Waals surface area contributed by atoms with Gasteiger partial charge in [-0.25, -0.2) is 0 Å². The molecule has 0 aromatic rings. The van der Waals surface area contributed by atoms with Gasteiger partial charge in [-0.1, -0.05) is 6.42 Å². The molecule has 1 saturated carbocycles. The third kappa shape index (κ3) is 1.80. The van der Waals surface area contributed by atoms with Crippen LogP contribution in [0.5, 0.6) is 0 Å². The van der Waals surface area contributed by atoms with Crippen LogP contribution in [0, 0.1) is 0 Å². The molecule has 3 rings (SSSR count). The van der Waals surface area contributed by atoms with Crippen LogP contribution in [0.2, 0.25) is 0 Å². The smallest absolute Gasteiger partial charge is 0.169 e. The van der Waals surface area contributed by atoms with E-state index in [0.717, 1.165) is 12.8 Å². The minimum atomic E-state index is -0.311. The van der Waals surface area contributed by atoms with Crippen LogP contribution in [0.15, 0.2) is 0 Å². The number of ether oxygens (including phenoxy) is 3. The minimum Gasteiger partial charge on any atom is -0.394 e. The third-order valence-electron chi connectivity index (χ3n) is 3.66. The molecule has 0 aromatic heterocycles. The Kier molecular flexibility index (Phi) is 2.47. The maximum atomic E-state index is 8.92. The molecule has 4 heteroatoms. The van der Waals surface area contributed by atoms with Gasteiger partial charge in [0.15, 0.2) is 5.79 Å². The van der Waals surface area contributed by atoms with Crippen molar-refractivity contribution >= 4 is 0 Å². The molecule has 3 atom stereocenters. The Labute approximate surface area is 89.5 Å². The SMILES string of the molecule is OC[C@H]1O[C@@H]1[C@H]1COC2(CCCCC2)O1. The summed E-state index contributed by atoms with van der Waals surface area (Å²) in [5.74, 6) is -0.311. The molecule has 0 radical (unpaired) electrons. The fourth-order valence-electron chi connectivity index (χ4n) is 2.72. The summed E-state index contributed by atoms with van der Waals surface area (Å²) in [5.41, 5.74) is 0. The summed E-state index contributed by atoms with van der Waals surface area (Å²) >= 11 is 0. The molecular weight excluding hydrogens is 196 g/mol. The molecule has 3 aliphatic rings. The third-order valence-corrected chi connectivity index (χ3v) is 3.66. The van der Waals surface area contributed by atoms with Gasteiger partial charge in [-0.2, -0.15) is 0 Å². The lowest BCUT2D eigenvalue weighted by Crippen LogP contribution is -2.34. The summed E-state index contributed by atoms with van der Waals surface area (Å²) in [5, 5.41) is 8.92. The molecule has 15 heavy (non-hydrogen) atoms. The van der Waals surface area contributed by atoms with E-state index in [2.05, 4.69) is 0 Å². The molecule has 1 spiro atoms. The number of epoxide rings is 1. The highest BCUT2D eigenvalue weighted by Crippen LogP contribution is 2.41. The first kappa shape index (κ1) is 10.0. The van der Waals surface area contributed by atoms with Gasteiger partial charge in [0.05, 0.1) is 13.2 Å². The number of aliphatic hydroxyl groups is 1. The van der Waals surface area contributed by atoms with Crippen LogP contribution < -0.4 is 0 Å². The highest BCUT2D eigenvalue weighted by Gasteiger charge is 2.52. The average Bonchev–Trinajstić information content (AvgIpc) is 2.97. The Morgan fingerprint density at radius 2 is 2.00 bits per heavy atom. The van der Waals surface area contributed by atoms with Crippen molar-refractivity contribution in [1.29, 1.82) is 0 Å². The predicted molar refractivity (Wildman–Crippen MR) is 52.4 cm³/mol. The molecule has 3 fully saturated rings. The highest BCUT2D eigenvalue weighted by molar-refractivity contribution is 4.95. The van der Waals surface area contributed by atoms with Crippen LogP contribution in [0.4, 0.5) is 0 Å². The van der Waals surface area contributed by atoms with E-state index < -0.39 is 0 Å². The quantitative estimate of drug-likeness (QED) is 0.691. The van der Waals surface area contributed by atoms with E-state index in [1.165, 1.54) is 19.3 Å². The first-order valence-electron chi connectivity index (χ1n) is 5.91. The summed E-state index contributed by atoms with van der Waals surface area (Å²) in [6.07, 6.45) is 5.80. The Morgan fingerprint density at radius 1 is 1.20 bits per heavy atom. The van der Waals surface area contributed by atoms with Crippen molar-refractivity contribution in [3.63, 3.8) is 0 Å². The Morgan fingerprint density at radius 3 is 2.67 bits per heavy atom. The van der Waals surface area contributed by atoms with Crippen molar-refractivity contribution in [2.24, 2.45) is 0 Å². The second-order valence-electron chi connectivity index (χ2n) is 4.76. The van der Waals surface area contributed by atoms with Gasteiger partial charge in [-0.3, -0.25) is 0 Å². The van der Waals surface area contributed by atoms with Gasteiger partial charge in [-0.15, -0.1) is 0 Å². The zero-order chi connectivity index (χ0) is 10.3. The molecule has 0 bridgehead atoms. The standard InChI is InChI=1S/C11H18O4/c12-6-8-10(14-8)9-7-13-11(15-9)4-2-1-3-5-11/h8-10,12H,1-7H2/t8-,9-,10+/m1/s1. The van der Waals surface area contributed by atoms with Crippen molar-refractivity contribution in [1.82, 2.24) is 0 Å². The van der Waals surface area contributed by atoms with E-state index in [1.54, 1.807) is 0 Å². The molecule has 2 heterocycles. The van der Waals surface area contributed by atoms with Crippen molar-refractivity contribution < 1.29 is 19.3 Å². The number of hydrogen-bond acceptors (Lipinski definition) is 4. The largest absolute Gasteiger partial charge is 0.394 e. The zero-order valence-corrected chi connectivity index (χ0v) is 8.85. The van der Waals surface area contributed by atoms with Crippen molar-refractivity contribution in [2.45, 2.75) is 56.2 Å². The Bertz CT molecular complexity index is 237. The van der Waals surface area contributed by atoms with E-state index >= 15 is 0 Å². The fraction of sp³-hybridized carbons (Fsp3) is 1.00. The van der Waals surface area contributed by atoms with Crippen LogP contribution >= 0.6 is 0 Å². The molecule has 0 unspecified atom stereocenters. The molecule has 4 nitrogen and oxygen atoms in total. The topological polar surface area (TPSA) is 51.2 Å². The van der Waals surface area contributed by atoms with Gasteiger partial charge in [0.25, 0.3) is 0 Å². The maximum absolute atomic E-state index is 8.92. The van der Waals surface area contributed by atoms with Crippen LogP contribution in [0.3, 0.4) is 0 Å². The fourth-order valence-corrected chi connectivity index (χ4v) is 2.72. The summed E-state index contributed by atoms with van der Waals surface area (Å²) in [4.78, 5) is 0. The van der Waals surface area contributed by atoms with E-state index in [0.29, 0.717) is 6.61 Å². The minimum absolute atomic E-state index is 0.0164. The average molecular weight is 214 g/mol. The lowest BCUT2D eigenvalue weighted by Gasteiger charge is -2.31. The van der Waals surface area contributed by atoms with E-state index in [-0.39, 0.29) is 30.7 Å². The summed E-state index contributed by atoms with van der Waals surface area (Å²) in [6, 6.07) is 0. The van der Waals surface area contributed by atoms with Gasteiger partial charge in [-0.05, 0) is 12.8 Å². The first-order valence-corrected chi connectivity index (χ1v) is 5.91. The zero-order valence-electron chi connectivity index (χ0n) is 8.85.